The van der Waals surface area contributed by atoms with Gasteiger partial charge in [0.25, 0.3) is 0 Å². The number of benzene rings is 2. The van der Waals surface area contributed by atoms with Crippen LogP contribution >= 0.6 is 28.4 Å². The monoisotopic (exact) mass is 588 g/mol. The van der Waals surface area contributed by atoms with Crippen molar-refractivity contribution in [1.82, 2.24) is 29.1 Å². The zero-order valence-electron chi connectivity index (χ0n) is 18.4. The van der Waals surface area contributed by atoms with Gasteiger partial charge in [0.05, 0.1) is 60.9 Å². The number of halogens is 1. The van der Waals surface area contributed by atoms with Crippen molar-refractivity contribution in [2.24, 2.45) is 7.05 Å². The molecule has 0 saturated heterocycles. The Labute approximate surface area is 210 Å². The molecule has 6 rings (SSSR count). The average Bonchev–Trinajstić information content (AvgIpc) is 3.51. The summed E-state index contributed by atoms with van der Waals surface area (Å²) in [4.78, 5) is 0. The summed E-state index contributed by atoms with van der Waals surface area (Å²) in [7, 11) is 1.89. The van der Waals surface area contributed by atoms with Gasteiger partial charge < -0.3 is 14.6 Å². The molecule has 5 aromatic rings. The van der Waals surface area contributed by atoms with Crippen LogP contribution in [-0.4, -0.2) is 54.0 Å². The van der Waals surface area contributed by atoms with Crippen molar-refractivity contribution in [2.75, 3.05) is 19.8 Å². The molecule has 1 N–H and O–H groups in total. The van der Waals surface area contributed by atoms with Gasteiger partial charge in [0.15, 0.2) is 0 Å². The Kier molecular flexibility index (Phi) is 5.66. The molecule has 0 aliphatic carbocycles. The van der Waals surface area contributed by atoms with Gasteiger partial charge in [0.2, 0.25) is 11.8 Å². The van der Waals surface area contributed by atoms with Crippen molar-refractivity contribution >= 4 is 50.2 Å². The molecule has 0 fully saturated rings. The molecule has 0 saturated carbocycles. The van der Waals surface area contributed by atoms with E-state index >= 15 is 0 Å². The molecule has 2 aromatic carbocycles. The number of ether oxygens (including phenoxy) is 2. The molecule has 3 aromatic heterocycles. The Morgan fingerprint density at radius 3 is 2.65 bits per heavy atom. The van der Waals surface area contributed by atoms with Gasteiger partial charge in [-0.25, -0.2) is 13.8 Å². The Bertz CT molecular complexity index is 1520. The quantitative estimate of drug-likeness (QED) is 0.248. The number of hydrogen-bond acceptors (Lipinski definition) is 6. The second kappa shape index (κ2) is 8.83. The highest BCUT2D eigenvalue weighted by molar-refractivity contribution is 14.2. The first-order valence-corrected chi connectivity index (χ1v) is 15.0. The van der Waals surface area contributed by atoms with Crippen LogP contribution in [0.5, 0.6) is 11.8 Å². The summed E-state index contributed by atoms with van der Waals surface area (Å²) in [5.74, 6) is 1.38. The number of fused-ring (bicyclic) bond motifs is 5. The van der Waals surface area contributed by atoms with Crippen molar-refractivity contribution in [3.8, 4) is 34.1 Å². The minimum absolute atomic E-state index is 0.0159. The SMILES string of the molecule is Cn1ncc2c1OCCCOc1c3cc(ccc3nn1CCO)-c1nn(PI)c3ccc-2cc13. The van der Waals surface area contributed by atoms with Gasteiger partial charge in [-0.1, -0.05) is 12.1 Å². The molecule has 4 bridgehead atoms. The van der Waals surface area contributed by atoms with E-state index in [0.717, 1.165) is 50.1 Å². The summed E-state index contributed by atoms with van der Waals surface area (Å²) < 4.78 is 17.9. The maximum Gasteiger partial charge on any atom is 0.219 e. The van der Waals surface area contributed by atoms with Crippen LogP contribution in [0.4, 0.5) is 0 Å². The zero-order chi connectivity index (χ0) is 23.2. The number of rotatable bonds is 3. The second-order valence-corrected chi connectivity index (χ2v) is 10.1. The third kappa shape index (κ3) is 3.55. The predicted molar refractivity (Wildman–Crippen MR) is 141 cm³/mol. The number of aliphatic hydroxyl groups excluding tert-OH is 1. The van der Waals surface area contributed by atoms with E-state index in [4.69, 9.17) is 14.6 Å². The Balaban J connectivity index is 1.61. The molecule has 1 aliphatic rings. The number of aliphatic hydroxyl groups is 1. The molecule has 1 aliphatic heterocycles. The first-order chi connectivity index (χ1) is 16.7. The number of aryl methyl sites for hydroxylation is 1. The van der Waals surface area contributed by atoms with Gasteiger partial charge >= 0.3 is 0 Å². The van der Waals surface area contributed by atoms with Gasteiger partial charge in [-0.05, 0) is 51.9 Å². The fraction of sp³-hybridized carbons (Fsp3) is 0.261. The minimum Gasteiger partial charge on any atom is -0.477 e. The molecule has 34 heavy (non-hydrogen) atoms. The molecule has 1 unspecified atom stereocenters. The van der Waals surface area contributed by atoms with Crippen molar-refractivity contribution in [1.29, 1.82) is 0 Å². The van der Waals surface area contributed by atoms with Gasteiger partial charge in [-0.2, -0.15) is 15.3 Å². The molecule has 4 heterocycles. The van der Waals surface area contributed by atoms with Crippen LogP contribution in [0, 0.1) is 0 Å². The van der Waals surface area contributed by atoms with Crippen LogP contribution in [0.15, 0.2) is 42.6 Å². The molecule has 11 heteroatoms. The first-order valence-electron chi connectivity index (χ1n) is 11.0. The fourth-order valence-electron chi connectivity index (χ4n) is 4.41. The van der Waals surface area contributed by atoms with Crippen molar-refractivity contribution < 1.29 is 14.6 Å². The van der Waals surface area contributed by atoms with Crippen LogP contribution < -0.4 is 9.47 Å². The highest BCUT2D eigenvalue weighted by Gasteiger charge is 2.20. The van der Waals surface area contributed by atoms with Crippen LogP contribution in [-0.2, 0) is 13.6 Å². The molecule has 174 valence electrons. The van der Waals surface area contributed by atoms with E-state index in [0.29, 0.717) is 38.4 Å². The summed E-state index contributed by atoms with van der Waals surface area (Å²) in [6.45, 7) is 1.31. The van der Waals surface area contributed by atoms with Gasteiger partial charge in [0.1, 0.15) is 5.69 Å². The van der Waals surface area contributed by atoms with E-state index in [1.54, 1.807) is 9.36 Å². The zero-order valence-corrected chi connectivity index (χ0v) is 21.6. The largest absolute Gasteiger partial charge is 0.477 e. The van der Waals surface area contributed by atoms with Crippen LogP contribution in [0.1, 0.15) is 6.42 Å². The van der Waals surface area contributed by atoms with E-state index in [-0.39, 0.29) is 6.61 Å². The van der Waals surface area contributed by atoms with Gasteiger partial charge in [0, 0.05) is 24.4 Å². The second-order valence-electron chi connectivity index (χ2n) is 8.10. The summed E-state index contributed by atoms with van der Waals surface area (Å²) in [6.07, 6.45) is 3.01. The molecule has 1 atom stereocenters. The molecule has 0 radical (unpaired) electrons. The lowest BCUT2D eigenvalue weighted by molar-refractivity contribution is 0.215. The van der Waals surface area contributed by atoms with E-state index in [1.165, 1.54) is 0 Å². The molecular formula is C23H22IN6O3P. The lowest BCUT2D eigenvalue weighted by atomic mass is 10.0. The van der Waals surface area contributed by atoms with E-state index in [1.807, 2.05) is 29.8 Å². The predicted octanol–water partition coefficient (Wildman–Crippen LogP) is 4.40. The summed E-state index contributed by atoms with van der Waals surface area (Å²) in [6, 6.07) is 12.5. The third-order valence-corrected chi connectivity index (χ3v) is 7.87. The Morgan fingerprint density at radius 1 is 1.03 bits per heavy atom. The Morgan fingerprint density at radius 2 is 1.82 bits per heavy atom. The molecular weight excluding hydrogens is 566 g/mol. The van der Waals surface area contributed by atoms with Crippen LogP contribution in [0.25, 0.3) is 44.2 Å². The maximum atomic E-state index is 9.54. The summed E-state index contributed by atoms with van der Waals surface area (Å²) in [5.41, 5.74) is 5.80. The molecule has 0 spiro atoms. The fourth-order valence-corrected chi connectivity index (χ4v) is 5.94. The van der Waals surface area contributed by atoms with Crippen molar-refractivity contribution in [3.63, 3.8) is 0 Å². The van der Waals surface area contributed by atoms with E-state index in [9.17, 15) is 5.11 Å². The normalized spacial score (nSPS) is 14.0. The number of aromatic nitrogens is 6. The van der Waals surface area contributed by atoms with E-state index < -0.39 is 0 Å². The lowest BCUT2D eigenvalue weighted by Gasteiger charge is -2.11. The minimum atomic E-state index is -0.0159. The number of hydrogen-bond donors (Lipinski definition) is 1. The van der Waals surface area contributed by atoms with Crippen molar-refractivity contribution in [2.45, 2.75) is 13.0 Å². The maximum absolute atomic E-state index is 9.54. The Hall–Kier alpha value is -2.69. The van der Waals surface area contributed by atoms with E-state index in [2.05, 4.69) is 56.5 Å². The topological polar surface area (TPSA) is 92.2 Å². The molecule has 0 amide bonds. The molecule has 9 nitrogen and oxygen atoms in total. The van der Waals surface area contributed by atoms with Crippen molar-refractivity contribution in [3.05, 3.63) is 42.6 Å². The average molecular weight is 588 g/mol. The first kappa shape index (κ1) is 21.8. The highest BCUT2D eigenvalue weighted by Crippen LogP contribution is 2.40. The van der Waals surface area contributed by atoms with Gasteiger partial charge in [-0.3, -0.25) is 0 Å². The standard InChI is InChI=1S/C23H22IN6O3P/c1-28-22-18(13-25-28)14-4-6-20-17(11-14)21(27-30(20)34-24)15-3-5-19-16(12-15)23(29(26-19)7-8-31)33-10-2-9-32-22/h3-6,11-13,31,34H,2,7-10H2,1H3. The summed E-state index contributed by atoms with van der Waals surface area (Å²) >= 11 is 2.36. The van der Waals surface area contributed by atoms with Crippen LogP contribution in [0.2, 0.25) is 0 Å². The smallest absolute Gasteiger partial charge is 0.219 e. The third-order valence-electron chi connectivity index (χ3n) is 6.00. The van der Waals surface area contributed by atoms with Crippen LogP contribution in [0.3, 0.4) is 0 Å². The summed E-state index contributed by atoms with van der Waals surface area (Å²) in [5, 5.41) is 25.6. The number of nitrogens with zero attached hydrogens (tertiary/aromatic N) is 6. The van der Waals surface area contributed by atoms with Gasteiger partial charge in [-0.15, -0.1) is 0 Å². The highest BCUT2D eigenvalue weighted by atomic mass is 127. The lowest BCUT2D eigenvalue weighted by Crippen LogP contribution is -2.11.